The summed E-state index contributed by atoms with van der Waals surface area (Å²) in [5.41, 5.74) is 3.99. The van der Waals surface area contributed by atoms with Gasteiger partial charge in [0, 0.05) is 23.7 Å². The van der Waals surface area contributed by atoms with E-state index in [4.69, 9.17) is 0 Å². The molecule has 0 saturated heterocycles. The van der Waals surface area contributed by atoms with Crippen LogP contribution >= 0.6 is 11.3 Å². The van der Waals surface area contributed by atoms with Crippen molar-refractivity contribution in [3.05, 3.63) is 51.5 Å². The van der Waals surface area contributed by atoms with Gasteiger partial charge in [-0.05, 0) is 37.3 Å². The van der Waals surface area contributed by atoms with Crippen molar-refractivity contribution < 1.29 is 5.11 Å². The molecule has 1 unspecified atom stereocenters. The van der Waals surface area contributed by atoms with Crippen molar-refractivity contribution >= 4 is 11.3 Å². The van der Waals surface area contributed by atoms with Crippen molar-refractivity contribution in [3.63, 3.8) is 0 Å². The molecule has 112 valence electrons. The van der Waals surface area contributed by atoms with Crippen LogP contribution in [0.1, 0.15) is 40.7 Å². The average Bonchev–Trinajstić information content (AvgIpc) is 2.91. The normalized spacial score (nSPS) is 18.0. The maximum Gasteiger partial charge on any atom is 0.107 e. The summed E-state index contributed by atoms with van der Waals surface area (Å²) < 4.78 is 0. The van der Waals surface area contributed by atoms with Gasteiger partial charge in [0.25, 0.3) is 0 Å². The van der Waals surface area contributed by atoms with E-state index in [-0.39, 0.29) is 6.61 Å². The largest absolute Gasteiger partial charge is 0.395 e. The van der Waals surface area contributed by atoms with Gasteiger partial charge < -0.3 is 5.11 Å². The first-order valence-electron chi connectivity index (χ1n) is 7.61. The number of aryl methyl sites for hydroxylation is 2. The predicted molar refractivity (Wildman–Crippen MR) is 86.5 cm³/mol. The smallest absolute Gasteiger partial charge is 0.107 e. The SMILES string of the molecule is Cc1csc(CN(CCO)C2CCCc3ccccc32)n1. The third-order valence-corrected chi connectivity index (χ3v) is 5.12. The molecule has 1 N–H and O–H groups in total. The van der Waals surface area contributed by atoms with Gasteiger partial charge in [-0.25, -0.2) is 4.98 Å². The van der Waals surface area contributed by atoms with Crippen LogP contribution in [0.4, 0.5) is 0 Å². The zero-order valence-corrected chi connectivity index (χ0v) is 13.3. The van der Waals surface area contributed by atoms with E-state index in [1.165, 1.54) is 30.4 Å². The summed E-state index contributed by atoms with van der Waals surface area (Å²) in [7, 11) is 0. The van der Waals surface area contributed by atoms with Crippen LogP contribution in [0.5, 0.6) is 0 Å². The maximum atomic E-state index is 9.44. The molecular formula is C17H22N2OS. The molecule has 3 rings (SSSR count). The van der Waals surface area contributed by atoms with Crippen LogP contribution in [0.3, 0.4) is 0 Å². The van der Waals surface area contributed by atoms with E-state index in [2.05, 4.69) is 39.5 Å². The molecule has 0 amide bonds. The fourth-order valence-electron chi connectivity index (χ4n) is 3.23. The van der Waals surface area contributed by atoms with Crippen molar-refractivity contribution in [3.8, 4) is 0 Å². The number of aliphatic hydroxyl groups excluding tert-OH is 1. The van der Waals surface area contributed by atoms with Crippen molar-refractivity contribution in [1.29, 1.82) is 0 Å². The van der Waals surface area contributed by atoms with Gasteiger partial charge in [-0.2, -0.15) is 0 Å². The number of hydrogen-bond donors (Lipinski definition) is 1. The summed E-state index contributed by atoms with van der Waals surface area (Å²) in [6.45, 7) is 3.77. The van der Waals surface area contributed by atoms with Gasteiger partial charge in [0.15, 0.2) is 0 Å². The molecule has 0 fully saturated rings. The van der Waals surface area contributed by atoms with Gasteiger partial charge in [-0.15, -0.1) is 11.3 Å². The standard InChI is InChI=1S/C17H22N2OS/c1-13-12-21-17(18-13)11-19(9-10-20)16-8-4-6-14-5-2-3-7-15(14)16/h2-3,5,7,12,16,20H,4,6,8-11H2,1H3. The molecule has 0 aliphatic heterocycles. The average molecular weight is 302 g/mol. The minimum absolute atomic E-state index is 0.197. The highest BCUT2D eigenvalue weighted by Crippen LogP contribution is 2.35. The summed E-state index contributed by atoms with van der Waals surface area (Å²) in [5.74, 6) is 0. The molecule has 2 aromatic rings. The number of benzene rings is 1. The van der Waals surface area contributed by atoms with Crippen molar-refractivity contribution in [2.24, 2.45) is 0 Å². The zero-order chi connectivity index (χ0) is 14.7. The lowest BCUT2D eigenvalue weighted by atomic mass is 9.87. The number of thiazole rings is 1. The Morgan fingerprint density at radius 3 is 3.00 bits per heavy atom. The Balaban J connectivity index is 1.84. The lowest BCUT2D eigenvalue weighted by Crippen LogP contribution is -2.33. The first kappa shape index (κ1) is 14.7. The molecule has 1 aliphatic rings. The molecule has 1 aliphatic carbocycles. The molecule has 0 saturated carbocycles. The van der Waals surface area contributed by atoms with Gasteiger partial charge in [-0.1, -0.05) is 24.3 Å². The predicted octanol–water partition coefficient (Wildman–Crippen LogP) is 3.32. The highest BCUT2D eigenvalue weighted by atomic mass is 32.1. The molecule has 1 heterocycles. The monoisotopic (exact) mass is 302 g/mol. The molecule has 0 spiro atoms. The fraction of sp³-hybridized carbons (Fsp3) is 0.471. The number of fused-ring (bicyclic) bond motifs is 1. The quantitative estimate of drug-likeness (QED) is 0.920. The fourth-order valence-corrected chi connectivity index (χ4v) is 4.03. The summed E-state index contributed by atoms with van der Waals surface area (Å²) >= 11 is 1.71. The third kappa shape index (κ3) is 3.34. The number of hydrogen-bond acceptors (Lipinski definition) is 4. The van der Waals surface area contributed by atoms with E-state index >= 15 is 0 Å². The molecular weight excluding hydrogens is 280 g/mol. The van der Waals surface area contributed by atoms with Gasteiger partial charge >= 0.3 is 0 Å². The first-order chi connectivity index (χ1) is 10.3. The summed E-state index contributed by atoms with van der Waals surface area (Å²) in [4.78, 5) is 6.96. The van der Waals surface area contributed by atoms with Crippen molar-refractivity contribution in [2.45, 2.75) is 38.8 Å². The Kier molecular flexibility index (Phi) is 4.68. The zero-order valence-electron chi connectivity index (χ0n) is 12.5. The van der Waals surface area contributed by atoms with E-state index in [1.54, 1.807) is 11.3 Å². The van der Waals surface area contributed by atoms with E-state index in [9.17, 15) is 5.11 Å². The molecule has 3 nitrogen and oxygen atoms in total. The van der Waals surface area contributed by atoms with E-state index in [1.807, 2.05) is 6.92 Å². The Bertz CT molecular complexity index is 596. The Labute approximate surface area is 130 Å². The minimum Gasteiger partial charge on any atom is -0.395 e. The van der Waals surface area contributed by atoms with Crippen LogP contribution < -0.4 is 0 Å². The lowest BCUT2D eigenvalue weighted by molar-refractivity contribution is 0.131. The van der Waals surface area contributed by atoms with Crippen LogP contribution in [0.2, 0.25) is 0 Å². The Morgan fingerprint density at radius 2 is 2.24 bits per heavy atom. The lowest BCUT2D eigenvalue weighted by Gasteiger charge is -2.35. The summed E-state index contributed by atoms with van der Waals surface area (Å²) in [5, 5.41) is 12.7. The van der Waals surface area contributed by atoms with Crippen LogP contribution in [0.15, 0.2) is 29.6 Å². The molecule has 0 radical (unpaired) electrons. The Hall–Kier alpha value is -1.23. The Morgan fingerprint density at radius 1 is 1.38 bits per heavy atom. The molecule has 21 heavy (non-hydrogen) atoms. The van der Waals surface area contributed by atoms with E-state index < -0.39 is 0 Å². The topological polar surface area (TPSA) is 36.4 Å². The van der Waals surface area contributed by atoms with Crippen LogP contribution in [-0.4, -0.2) is 28.1 Å². The first-order valence-corrected chi connectivity index (χ1v) is 8.49. The van der Waals surface area contributed by atoms with E-state index in [0.29, 0.717) is 12.6 Å². The highest BCUT2D eigenvalue weighted by molar-refractivity contribution is 7.09. The van der Waals surface area contributed by atoms with Crippen LogP contribution in [0, 0.1) is 6.92 Å². The second kappa shape index (κ2) is 6.69. The van der Waals surface area contributed by atoms with Crippen LogP contribution in [0.25, 0.3) is 0 Å². The molecule has 0 bridgehead atoms. The minimum atomic E-state index is 0.197. The molecule has 1 atom stereocenters. The van der Waals surface area contributed by atoms with Crippen LogP contribution in [-0.2, 0) is 13.0 Å². The maximum absolute atomic E-state index is 9.44. The van der Waals surface area contributed by atoms with Gasteiger partial charge in [0.2, 0.25) is 0 Å². The number of aliphatic hydroxyl groups is 1. The number of nitrogens with zero attached hydrogens (tertiary/aromatic N) is 2. The summed E-state index contributed by atoms with van der Waals surface area (Å²) in [6.07, 6.45) is 3.57. The van der Waals surface area contributed by atoms with E-state index in [0.717, 1.165) is 17.2 Å². The molecule has 1 aromatic carbocycles. The van der Waals surface area contributed by atoms with Gasteiger partial charge in [0.1, 0.15) is 5.01 Å². The second-order valence-corrected chi connectivity index (χ2v) is 6.63. The number of aromatic nitrogens is 1. The molecule has 1 aromatic heterocycles. The van der Waals surface area contributed by atoms with Gasteiger partial charge in [-0.3, -0.25) is 4.90 Å². The molecule has 4 heteroatoms. The second-order valence-electron chi connectivity index (χ2n) is 5.68. The van der Waals surface area contributed by atoms with Crippen molar-refractivity contribution in [2.75, 3.05) is 13.2 Å². The number of rotatable bonds is 5. The van der Waals surface area contributed by atoms with Crippen molar-refractivity contribution in [1.82, 2.24) is 9.88 Å². The summed E-state index contributed by atoms with van der Waals surface area (Å²) in [6, 6.07) is 9.15. The third-order valence-electron chi connectivity index (χ3n) is 4.17. The van der Waals surface area contributed by atoms with Gasteiger partial charge in [0.05, 0.1) is 13.2 Å². The highest BCUT2D eigenvalue weighted by Gasteiger charge is 2.26.